The Bertz CT molecular complexity index is 571. The molecule has 5 nitrogen and oxygen atoms in total. The van der Waals surface area contributed by atoms with E-state index in [0.29, 0.717) is 25.4 Å². The molecule has 1 aromatic rings. The molecule has 0 aromatic heterocycles. The van der Waals surface area contributed by atoms with Crippen molar-refractivity contribution in [3.63, 3.8) is 0 Å². The Morgan fingerprint density at radius 1 is 1.35 bits per heavy atom. The summed E-state index contributed by atoms with van der Waals surface area (Å²) in [6.45, 7) is 7.63. The fraction of sp³-hybridized carbons (Fsp3) is 0.556. The van der Waals surface area contributed by atoms with Crippen molar-refractivity contribution in [2.75, 3.05) is 13.1 Å². The molecule has 2 N–H and O–H groups in total. The summed E-state index contributed by atoms with van der Waals surface area (Å²) in [4.78, 5) is 25.1. The Labute approximate surface area is 137 Å². The fourth-order valence-electron chi connectivity index (χ4n) is 3.05. The van der Waals surface area contributed by atoms with Crippen LogP contribution in [0.3, 0.4) is 0 Å². The van der Waals surface area contributed by atoms with Crippen LogP contribution in [0.5, 0.6) is 0 Å². The van der Waals surface area contributed by atoms with Crippen molar-refractivity contribution >= 4 is 12.0 Å². The van der Waals surface area contributed by atoms with E-state index in [4.69, 9.17) is 0 Å². The van der Waals surface area contributed by atoms with Crippen LogP contribution in [0.4, 0.5) is 4.79 Å². The van der Waals surface area contributed by atoms with Gasteiger partial charge in [-0.3, -0.25) is 4.79 Å². The molecule has 0 radical (unpaired) electrons. The number of urea groups is 1. The molecular weight excluding hydrogens is 292 g/mol. The van der Waals surface area contributed by atoms with Crippen molar-refractivity contribution in [2.45, 2.75) is 39.7 Å². The van der Waals surface area contributed by atoms with E-state index >= 15 is 0 Å². The van der Waals surface area contributed by atoms with E-state index in [-0.39, 0.29) is 18.5 Å². The number of amides is 2. The first-order valence-corrected chi connectivity index (χ1v) is 8.21. The van der Waals surface area contributed by atoms with Gasteiger partial charge in [0.05, 0.1) is 5.92 Å². The van der Waals surface area contributed by atoms with Crippen LogP contribution in [0.1, 0.15) is 44.2 Å². The maximum absolute atomic E-state index is 12.3. The Morgan fingerprint density at radius 3 is 2.74 bits per heavy atom. The SMILES string of the molecule is CC1CC(C(=O)O)CN(C(=O)NCc2cccc(C(C)C)c2)C1. The lowest BCUT2D eigenvalue weighted by atomic mass is 9.91. The minimum absolute atomic E-state index is 0.183. The van der Waals surface area contributed by atoms with Gasteiger partial charge in [0.1, 0.15) is 0 Å². The molecule has 2 rings (SSSR count). The summed E-state index contributed by atoms with van der Waals surface area (Å²) >= 11 is 0. The zero-order valence-electron chi connectivity index (χ0n) is 14.1. The summed E-state index contributed by atoms with van der Waals surface area (Å²) in [5, 5.41) is 12.1. The zero-order valence-corrected chi connectivity index (χ0v) is 14.1. The lowest BCUT2D eigenvalue weighted by Gasteiger charge is -2.34. The number of hydrogen-bond donors (Lipinski definition) is 2. The van der Waals surface area contributed by atoms with Gasteiger partial charge in [-0.15, -0.1) is 0 Å². The molecule has 23 heavy (non-hydrogen) atoms. The maximum Gasteiger partial charge on any atom is 0.317 e. The van der Waals surface area contributed by atoms with Crippen molar-refractivity contribution in [3.05, 3.63) is 35.4 Å². The number of aliphatic carboxylic acids is 1. The molecule has 126 valence electrons. The minimum Gasteiger partial charge on any atom is -0.481 e. The Morgan fingerprint density at radius 2 is 2.09 bits per heavy atom. The summed E-state index contributed by atoms with van der Waals surface area (Å²) in [5.41, 5.74) is 2.30. The highest BCUT2D eigenvalue weighted by Gasteiger charge is 2.31. The molecule has 2 atom stereocenters. The molecule has 1 heterocycles. The average molecular weight is 318 g/mol. The predicted octanol–water partition coefficient (Wildman–Crippen LogP) is 3.06. The van der Waals surface area contributed by atoms with E-state index in [1.165, 1.54) is 5.56 Å². The highest BCUT2D eigenvalue weighted by atomic mass is 16.4. The summed E-state index contributed by atoms with van der Waals surface area (Å²) in [7, 11) is 0. The van der Waals surface area contributed by atoms with Crippen LogP contribution >= 0.6 is 0 Å². The van der Waals surface area contributed by atoms with Gasteiger partial charge in [-0.1, -0.05) is 45.0 Å². The zero-order chi connectivity index (χ0) is 17.0. The number of nitrogens with zero attached hydrogens (tertiary/aromatic N) is 1. The van der Waals surface area contributed by atoms with E-state index in [9.17, 15) is 14.7 Å². The van der Waals surface area contributed by atoms with E-state index in [1.54, 1.807) is 4.90 Å². The van der Waals surface area contributed by atoms with Crippen LogP contribution in [0.15, 0.2) is 24.3 Å². The standard InChI is InChI=1S/C18H26N2O3/c1-12(2)15-6-4-5-14(8-15)9-19-18(23)20-10-13(3)7-16(11-20)17(21)22/h4-6,8,12-13,16H,7,9-11H2,1-3H3,(H,19,23)(H,21,22). The number of carboxylic acids is 1. The van der Waals surface area contributed by atoms with Gasteiger partial charge in [0.25, 0.3) is 0 Å². The van der Waals surface area contributed by atoms with Crippen molar-refractivity contribution in [3.8, 4) is 0 Å². The monoisotopic (exact) mass is 318 g/mol. The van der Waals surface area contributed by atoms with E-state index in [0.717, 1.165) is 5.56 Å². The molecule has 1 aliphatic rings. The number of carbonyl (C=O) groups excluding carboxylic acids is 1. The molecule has 2 amide bonds. The molecule has 1 saturated heterocycles. The summed E-state index contributed by atoms with van der Waals surface area (Å²) in [6.07, 6.45) is 0.634. The largest absolute Gasteiger partial charge is 0.481 e. The van der Waals surface area contributed by atoms with Crippen LogP contribution < -0.4 is 5.32 Å². The van der Waals surface area contributed by atoms with Crippen molar-refractivity contribution in [1.82, 2.24) is 10.2 Å². The first-order valence-electron chi connectivity index (χ1n) is 8.21. The van der Waals surface area contributed by atoms with Crippen LogP contribution in [0, 0.1) is 11.8 Å². The van der Waals surface area contributed by atoms with E-state index < -0.39 is 11.9 Å². The predicted molar refractivity (Wildman–Crippen MR) is 89.2 cm³/mol. The molecule has 1 aliphatic heterocycles. The number of nitrogens with one attached hydrogen (secondary N) is 1. The van der Waals surface area contributed by atoms with Crippen molar-refractivity contribution in [1.29, 1.82) is 0 Å². The highest BCUT2D eigenvalue weighted by molar-refractivity contribution is 5.76. The Hall–Kier alpha value is -2.04. The molecule has 1 fully saturated rings. The molecule has 0 saturated carbocycles. The summed E-state index contributed by atoms with van der Waals surface area (Å²) in [6, 6.07) is 7.99. The molecule has 1 aromatic carbocycles. The van der Waals surface area contributed by atoms with Crippen molar-refractivity contribution < 1.29 is 14.7 Å². The number of piperidine rings is 1. The van der Waals surface area contributed by atoms with Gasteiger partial charge < -0.3 is 15.3 Å². The molecule has 0 bridgehead atoms. The third kappa shape index (κ3) is 4.71. The second-order valence-electron chi connectivity index (χ2n) is 6.84. The smallest absolute Gasteiger partial charge is 0.317 e. The number of carboxylic acid groups (broad SMARTS) is 1. The topological polar surface area (TPSA) is 69.6 Å². The molecule has 0 spiro atoms. The summed E-state index contributed by atoms with van der Waals surface area (Å²) in [5.74, 6) is -0.627. The maximum atomic E-state index is 12.3. The molecule has 5 heteroatoms. The second kappa shape index (κ2) is 7.49. The third-order valence-electron chi connectivity index (χ3n) is 4.36. The molecule has 2 unspecified atom stereocenters. The quantitative estimate of drug-likeness (QED) is 0.896. The second-order valence-corrected chi connectivity index (χ2v) is 6.84. The van der Waals surface area contributed by atoms with Gasteiger partial charge in [-0.05, 0) is 29.4 Å². The van der Waals surface area contributed by atoms with Gasteiger partial charge in [-0.25, -0.2) is 4.79 Å². The number of carbonyl (C=O) groups is 2. The van der Waals surface area contributed by atoms with Gasteiger partial charge in [0.15, 0.2) is 0 Å². The third-order valence-corrected chi connectivity index (χ3v) is 4.36. The van der Waals surface area contributed by atoms with Crippen LogP contribution in [-0.4, -0.2) is 35.1 Å². The summed E-state index contributed by atoms with van der Waals surface area (Å²) < 4.78 is 0. The normalized spacial score (nSPS) is 21.3. The average Bonchev–Trinajstić information content (AvgIpc) is 2.52. The first-order chi connectivity index (χ1) is 10.9. The Balaban J connectivity index is 1.94. The lowest BCUT2D eigenvalue weighted by Crippen LogP contribution is -2.49. The fourth-order valence-corrected chi connectivity index (χ4v) is 3.05. The number of benzene rings is 1. The van der Waals surface area contributed by atoms with E-state index in [2.05, 4.69) is 31.3 Å². The Kier molecular flexibility index (Phi) is 5.64. The molecule has 0 aliphatic carbocycles. The van der Waals surface area contributed by atoms with Crippen LogP contribution in [-0.2, 0) is 11.3 Å². The number of rotatable bonds is 4. The molecular formula is C18H26N2O3. The van der Waals surface area contributed by atoms with Gasteiger partial charge >= 0.3 is 12.0 Å². The van der Waals surface area contributed by atoms with Crippen molar-refractivity contribution in [2.24, 2.45) is 11.8 Å². The highest BCUT2D eigenvalue weighted by Crippen LogP contribution is 2.22. The number of hydrogen-bond acceptors (Lipinski definition) is 2. The van der Waals surface area contributed by atoms with Gasteiger partial charge in [0, 0.05) is 19.6 Å². The minimum atomic E-state index is -0.820. The van der Waals surface area contributed by atoms with Crippen LogP contribution in [0.2, 0.25) is 0 Å². The number of likely N-dealkylation sites (tertiary alicyclic amines) is 1. The van der Waals surface area contributed by atoms with Crippen LogP contribution in [0.25, 0.3) is 0 Å². The lowest BCUT2D eigenvalue weighted by molar-refractivity contribution is -0.143. The first kappa shape index (κ1) is 17.3. The van der Waals surface area contributed by atoms with Gasteiger partial charge in [0.2, 0.25) is 0 Å². The van der Waals surface area contributed by atoms with Gasteiger partial charge in [-0.2, -0.15) is 0 Å². The van der Waals surface area contributed by atoms with E-state index in [1.807, 2.05) is 19.1 Å².